The first-order valence-electron chi connectivity index (χ1n) is 6.86. The van der Waals surface area contributed by atoms with Crippen molar-refractivity contribution in [2.24, 2.45) is 5.92 Å². The summed E-state index contributed by atoms with van der Waals surface area (Å²) >= 11 is 2.05. The summed E-state index contributed by atoms with van der Waals surface area (Å²) in [5.41, 5.74) is 0. The van der Waals surface area contributed by atoms with Crippen LogP contribution in [0.5, 0.6) is 0 Å². The van der Waals surface area contributed by atoms with Crippen LogP contribution in [0.25, 0.3) is 0 Å². The summed E-state index contributed by atoms with van der Waals surface area (Å²) in [7, 11) is 0. The third-order valence-corrected chi connectivity index (χ3v) is 4.91. The van der Waals surface area contributed by atoms with Crippen LogP contribution in [-0.2, 0) is 4.79 Å². The lowest BCUT2D eigenvalue weighted by atomic mass is 10.0. The van der Waals surface area contributed by atoms with Crippen LogP contribution in [-0.4, -0.2) is 41.1 Å². The van der Waals surface area contributed by atoms with E-state index in [1.807, 2.05) is 11.8 Å². The van der Waals surface area contributed by atoms with Gasteiger partial charge in [-0.05, 0) is 43.6 Å². The molecule has 98 valence electrons. The monoisotopic (exact) mass is 256 g/mol. The Morgan fingerprint density at radius 2 is 2.12 bits per heavy atom. The summed E-state index contributed by atoms with van der Waals surface area (Å²) in [5.74, 6) is 3.60. The van der Waals surface area contributed by atoms with E-state index >= 15 is 0 Å². The first kappa shape index (κ1) is 13.2. The van der Waals surface area contributed by atoms with Crippen LogP contribution in [0.2, 0.25) is 0 Å². The predicted octanol–water partition coefficient (Wildman–Crippen LogP) is 2.08. The second-order valence-electron chi connectivity index (χ2n) is 5.23. The number of amides is 1. The molecular weight excluding hydrogens is 232 g/mol. The van der Waals surface area contributed by atoms with Crippen molar-refractivity contribution in [3.8, 4) is 0 Å². The minimum Gasteiger partial charge on any atom is -0.326 e. The van der Waals surface area contributed by atoms with E-state index in [1.54, 1.807) is 0 Å². The molecule has 0 aromatic rings. The number of hydrogen-bond donors (Lipinski definition) is 1. The molecule has 2 aliphatic rings. The zero-order valence-corrected chi connectivity index (χ0v) is 11.8. The number of rotatable bonds is 4. The fraction of sp³-hybridized carbons (Fsp3) is 0.923. The molecule has 2 rings (SSSR count). The minimum atomic E-state index is 0.0768. The number of carbonyl (C=O) groups excluding carboxylic acids is 1. The number of thioether (sulfide) groups is 1. The van der Waals surface area contributed by atoms with Crippen LogP contribution >= 0.6 is 11.8 Å². The third kappa shape index (κ3) is 3.16. The predicted molar refractivity (Wildman–Crippen MR) is 73.1 cm³/mol. The molecule has 0 aliphatic carbocycles. The Morgan fingerprint density at radius 3 is 2.76 bits per heavy atom. The molecule has 3 nitrogen and oxygen atoms in total. The first-order valence-corrected chi connectivity index (χ1v) is 8.02. The summed E-state index contributed by atoms with van der Waals surface area (Å²) in [6.45, 7) is 5.22. The Kier molecular flexibility index (Phi) is 4.74. The van der Waals surface area contributed by atoms with Gasteiger partial charge < -0.3 is 4.90 Å². The zero-order valence-electron chi connectivity index (χ0n) is 10.9. The third-order valence-electron chi connectivity index (χ3n) is 3.86. The molecule has 2 aliphatic heterocycles. The standard InChI is InChI=1S/C13H24N2OS/c1-3-4-12-13(16)15(10(2)14-12)9-11-5-7-17-8-6-11/h10-12,14H,3-9H2,1-2H3. The van der Waals surface area contributed by atoms with Crippen molar-refractivity contribution in [3.63, 3.8) is 0 Å². The largest absolute Gasteiger partial charge is 0.326 e. The Hall–Kier alpha value is -0.220. The highest BCUT2D eigenvalue weighted by Crippen LogP contribution is 2.25. The first-order chi connectivity index (χ1) is 8.22. The number of nitrogens with one attached hydrogen (secondary N) is 1. The topological polar surface area (TPSA) is 32.3 Å². The van der Waals surface area contributed by atoms with Crippen LogP contribution < -0.4 is 5.32 Å². The molecule has 0 aromatic carbocycles. The second-order valence-corrected chi connectivity index (χ2v) is 6.45. The summed E-state index contributed by atoms with van der Waals surface area (Å²) in [6, 6.07) is 0.0768. The molecule has 4 heteroatoms. The number of nitrogens with zero attached hydrogens (tertiary/aromatic N) is 1. The lowest BCUT2D eigenvalue weighted by Crippen LogP contribution is -2.39. The van der Waals surface area contributed by atoms with Crippen molar-refractivity contribution in [3.05, 3.63) is 0 Å². The molecule has 2 saturated heterocycles. The average Bonchev–Trinajstić information content (AvgIpc) is 2.59. The lowest BCUT2D eigenvalue weighted by molar-refractivity contribution is -0.130. The fourth-order valence-electron chi connectivity index (χ4n) is 2.79. The minimum absolute atomic E-state index is 0.0768. The normalized spacial score (nSPS) is 31.2. The van der Waals surface area contributed by atoms with Gasteiger partial charge in [0, 0.05) is 6.54 Å². The molecule has 0 aromatic heterocycles. The maximum absolute atomic E-state index is 12.2. The van der Waals surface area contributed by atoms with E-state index in [0.29, 0.717) is 5.91 Å². The van der Waals surface area contributed by atoms with Crippen molar-refractivity contribution >= 4 is 17.7 Å². The summed E-state index contributed by atoms with van der Waals surface area (Å²) in [4.78, 5) is 14.3. The van der Waals surface area contributed by atoms with E-state index in [0.717, 1.165) is 25.3 Å². The number of carbonyl (C=O) groups is 1. The van der Waals surface area contributed by atoms with E-state index < -0.39 is 0 Å². The van der Waals surface area contributed by atoms with Gasteiger partial charge in [-0.15, -0.1) is 0 Å². The second kappa shape index (κ2) is 6.10. The van der Waals surface area contributed by atoms with Gasteiger partial charge in [-0.25, -0.2) is 0 Å². The van der Waals surface area contributed by atoms with Crippen molar-refractivity contribution in [1.82, 2.24) is 10.2 Å². The van der Waals surface area contributed by atoms with Gasteiger partial charge in [0.25, 0.3) is 0 Å². The van der Waals surface area contributed by atoms with Crippen LogP contribution in [0.3, 0.4) is 0 Å². The highest BCUT2D eigenvalue weighted by Gasteiger charge is 2.36. The molecule has 2 unspecified atom stereocenters. The quantitative estimate of drug-likeness (QED) is 0.836. The van der Waals surface area contributed by atoms with Gasteiger partial charge in [0.15, 0.2) is 0 Å². The highest BCUT2D eigenvalue weighted by atomic mass is 32.2. The molecule has 2 atom stereocenters. The summed E-state index contributed by atoms with van der Waals surface area (Å²) in [6.07, 6.45) is 4.83. The van der Waals surface area contributed by atoms with Crippen LogP contribution in [0, 0.1) is 5.92 Å². The molecule has 0 radical (unpaired) electrons. The van der Waals surface area contributed by atoms with E-state index in [9.17, 15) is 4.79 Å². The fourth-order valence-corrected chi connectivity index (χ4v) is 4.00. The van der Waals surface area contributed by atoms with Crippen molar-refractivity contribution in [2.45, 2.75) is 51.7 Å². The Balaban J connectivity index is 1.88. The maximum Gasteiger partial charge on any atom is 0.241 e. The Bertz CT molecular complexity index is 266. The molecule has 0 spiro atoms. The molecule has 0 saturated carbocycles. The van der Waals surface area contributed by atoms with Crippen LogP contribution in [0.1, 0.15) is 39.5 Å². The summed E-state index contributed by atoms with van der Waals surface area (Å²) < 4.78 is 0. The molecule has 2 heterocycles. The molecule has 1 N–H and O–H groups in total. The molecule has 0 bridgehead atoms. The average molecular weight is 256 g/mol. The van der Waals surface area contributed by atoms with E-state index in [-0.39, 0.29) is 12.2 Å². The van der Waals surface area contributed by atoms with E-state index in [2.05, 4.69) is 24.1 Å². The van der Waals surface area contributed by atoms with Gasteiger partial charge in [0.1, 0.15) is 0 Å². The molecule has 17 heavy (non-hydrogen) atoms. The van der Waals surface area contributed by atoms with Gasteiger partial charge in [-0.1, -0.05) is 13.3 Å². The van der Waals surface area contributed by atoms with Gasteiger partial charge in [0.2, 0.25) is 5.91 Å². The molecule has 1 amide bonds. The Labute approximate surface area is 109 Å². The van der Waals surface area contributed by atoms with Gasteiger partial charge >= 0.3 is 0 Å². The summed E-state index contributed by atoms with van der Waals surface area (Å²) in [5, 5.41) is 3.42. The Morgan fingerprint density at radius 1 is 1.41 bits per heavy atom. The highest BCUT2D eigenvalue weighted by molar-refractivity contribution is 7.99. The lowest BCUT2D eigenvalue weighted by Gasteiger charge is -2.29. The smallest absolute Gasteiger partial charge is 0.241 e. The van der Waals surface area contributed by atoms with Crippen molar-refractivity contribution in [1.29, 1.82) is 0 Å². The van der Waals surface area contributed by atoms with Crippen molar-refractivity contribution in [2.75, 3.05) is 18.1 Å². The van der Waals surface area contributed by atoms with Crippen LogP contribution in [0.4, 0.5) is 0 Å². The van der Waals surface area contributed by atoms with Gasteiger partial charge in [-0.3, -0.25) is 10.1 Å². The van der Waals surface area contributed by atoms with Gasteiger partial charge in [-0.2, -0.15) is 11.8 Å². The maximum atomic E-state index is 12.2. The van der Waals surface area contributed by atoms with Crippen LogP contribution in [0.15, 0.2) is 0 Å². The molecule has 2 fully saturated rings. The number of hydrogen-bond acceptors (Lipinski definition) is 3. The SMILES string of the molecule is CCCC1NC(C)N(CC2CCSCC2)C1=O. The van der Waals surface area contributed by atoms with Gasteiger partial charge in [0.05, 0.1) is 12.2 Å². The van der Waals surface area contributed by atoms with E-state index in [4.69, 9.17) is 0 Å². The van der Waals surface area contributed by atoms with Crippen molar-refractivity contribution < 1.29 is 4.79 Å². The van der Waals surface area contributed by atoms with E-state index in [1.165, 1.54) is 24.3 Å². The molecular formula is C13H24N2OS. The zero-order chi connectivity index (χ0) is 12.3.